The van der Waals surface area contributed by atoms with Crippen LogP contribution in [0.15, 0.2) is 48.5 Å². The number of fused-ring (bicyclic) bond motifs is 1. The quantitative estimate of drug-likeness (QED) is 0.729. The zero-order chi connectivity index (χ0) is 16.9. The number of aromatic amines is 1. The number of benzene rings is 2. The molecule has 124 valence electrons. The molecule has 0 spiro atoms. The van der Waals surface area contributed by atoms with Crippen molar-refractivity contribution in [3.63, 3.8) is 0 Å². The van der Waals surface area contributed by atoms with Crippen LogP contribution in [0.4, 0.5) is 0 Å². The molecule has 0 aliphatic heterocycles. The number of ether oxygens (including phenoxy) is 1. The van der Waals surface area contributed by atoms with Gasteiger partial charge in [-0.25, -0.2) is 0 Å². The van der Waals surface area contributed by atoms with E-state index in [0.29, 0.717) is 12.3 Å². The molecule has 0 unspecified atom stereocenters. The Morgan fingerprint density at radius 3 is 2.71 bits per heavy atom. The first-order valence-electron chi connectivity index (χ1n) is 8.16. The number of aromatic nitrogens is 1. The molecule has 2 aromatic carbocycles. The predicted molar refractivity (Wildman–Crippen MR) is 96.4 cm³/mol. The maximum atomic E-state index is 11.9. The van der Waals surface area contributed by atoms with Crippen LogP contribution in [0.2, 0.25) is 0 Å². The molecule has 3 rings (SSSR count). The standard InChI is InChI=1S/C20H22N2O2/c1-14-8-9-19-18(12-14)17(15(2)22-19)10-11-21-20(23)13-24-16-6-4-3-5-7-16/h3-9,12,22H,10-11,13H2,1-2H3,(H,21,23). The number of hydrogen-bond acceptors (Lipinski definition) is 2. The maximum absolute atomic E-state index is 11.9. The van der Waals surface area contributed by atoms with Crippen LogP contribution in [0.5, 0.6) is 5.75 Å². The number of amides is 1. The van der Waals surface area contributed by atoms with Gasteiger partial charge in [0, 0.05) is 23.1 Å². The highest BCUT2D eigenvalue weighted by molar-refractivity contribution is 5.85. The van der Waals surface area contributed by atoms with Crippen molar-refractivity contribution in [1.82, 2.24) is 10.3 Å². The molecule has 24 heavy (non-hydrogen) atoms. The molecule has 0 aliphatic carbocycles. The van der Waals surface area contributed by atoms with Crippen molar-refractivity contribution in [1.29, 1.82) is 0 Å². The number of para-hydroxylation sites is 1. The Morgan fingerprint density at radius 1 is 1.12 bits per heavy atom. The Kier molecular flexibility index (Phi) is 4.85. The van der Waals surface area contributed by atoms with Gasteiger partial charge in [-0.2, -0.15) is 0 Å². The van der Waals surface area contributed by atoms with E-state index in [1.54, 1.807) is 0 Å². The van der Waals surface area contributed by atoms with Gasteiger partial charge in [-0.3, -0.25) is 4.79 Å². The van der Waals surface area contributed by atoms with E-state index in [0.717, 1.165) is 17.6 Å². The minimum absolute atomic E-state index is 0.0377. The van der Waals surface area contributed by atoms with E-state index >= 15 is 0 Å². The second kappa shape index (κ2) is 7.21. The highest BCUT2D eigenvalue weighted by Gasteiger charge is 2.09. The van der Waals surface area contributed by atoms with Crippen LogP contribution >= 0.6 is 0 Å². The summed E-state index contributed by atoms with van der Waals surface area (Å²) < 4.78 is 5.45. The predicted octanol–water partition coefficient (Wildman–Crippen LogP) is 3.52. The van der Waals surface area contributed by atoms with Gasteiger partial charge in [-0.1, -0.05) is 29.8 Å². The molecular weight excluding hydrogens is 300 g/mol. The van der Waals surface area contributed by atoms with Crippen molar-refractivity contribution in [3.8, 4) is 5.75 Å². The lowest BCUT2D eigenvalue weighted by Crippen LogP contribution is -2.30. The first kappa shape index (κ1) is 16.1. The smallest absolute Gasteiger partial charge is 0.257 e. The average molecular weight is 322 g/mol. The topological polar surface area (TPSA) is 54.1 Å². The SMILES string of the molecule is Cc1ccc2[nH]c(C)c(CCNC(=O)COc3ccccc3)c2c1. The zero-order valence-corrected chi connectivity index (χ0v) is 14.1. The maximum Gasteiger partial charge on any atom is 0.257 e. The Hall–Kier alpha value is -2.75. The minimum atomic E-state index is -0.104. The summed E-state index contributed by atoms with van der Waals surface area (Å²) in [4.78, 5) is 15.3. The molecule has 3 aromatic rings. The van der Waals surface area contributed by atoms with E-state index in [2.05, 4.69) is 42.3 Å². The van der Waals surface area contributed by atoms with E-state index in [1.807, 2.05) is 30.3 Å². The van der Waals surface area contributed by atoms with Crippen LogP contribution in [0, 0.1) is 13.8 Å². The van der Waals surface area contributed by atoms with Crippen LogP contribution in [-0.4, -0.2) is 24.0 Å². The third-order valence-electron chi connectivity index (χ3n) is 4.09. The molecule has 0 bridgehead atoms. The van der Waals surface area contributed by atoms with E-state index in [-0.39, 0.29) is 12.5 Å². The molecule has 4 heteroatoms. The molecule has 4 nitrogen and oxygen atoms in total. The van der Waals surface area contributed by atoms with Crippen LogP contribution in [0.3, 0.4) is 0 Å². The summed E-state index contributed by atoms with van der Waals surface area (Å²) >= 11 is 0. The number of hydrogen-bond donors (Lipinski definition) is 2. The Morgan fingerprint density at radius 2 is 1.92 bits per heavy atom. The molecule has 0 fully saturated rings. The monoisotopic (exact) mass is 322 g/mol. The van der Waals surface area contributed by atoms with Crippen molar-refractivity contribution in [2.75, 3.05) is 13.2 Å². The molecule has 0 saturated heterocycles. The summed E-state index contributed by atoms with van der Waals surface area (Å²) in [6, 6.07) is 15.8. The lowest BCUT2D eigenvalue weighted by molar-refractivity contribution is -0.123. The molecule has 0 aliphatic rings. The summed E-state index contributed by atoms with van der Waals surface area (Å²) in [5.74, 6) is 0.600. The summed E-state index contributed by atoms with van der Waals surface area (Å²) in [6.45, 7) is 4.80. The van der Waals surface area contributed by atoms with E-state index in [4.69, 9.17) is 4.74 Å². The third kappa shape index (κ3) is 3.77. The minimum Gasteiger partial charge on any atom is -0.484 e. The van der Waals surface area contributed by atoms with Crippen LogP contribution in [-0.2, 0) is 11.2 Å². The lowest BCUT2D eigenvalue weighted by atomic mass is 10.1. The number of rotatable bonds is 6. The summed E-state index contributed by atoms with van der Waals surface area (Å²) in [5, 5.41) is 4.16. The second-order valence-electron chi connectivity index (χ2n) is 5.98. The van der Waals surface area contributed by atoms with Gasteiger partial charge >= 0.3 is 0 Å². The summed E-state index contributed by atoms with van der Waals surface area (Å²) in [7, 11) is 0. The van der Waals surface area contributed by atoms with E-state index in [9.17, 15) is 4.79 Å². The van der Waals surface area contributed by atoms with Crippen molar-refractivity contribution in [2.45, 2.75) is 20.3 Å². The highest BCUT2D eigenvalue weighted by Crippen LogP contribution is 2.23. The van der Waals surface area contributed by atoms with Gasteiger partial charge in [0.15, 0.2) is 6.61 Å². The number of carbonyl (C=O) groups is 1. The van der Waals surface area contributed by atoms with Crippen molar-refractivity contribution in [2.24, 2.45) is 0 Å². The Labute approximate surface area is 141 Å². The van der Waals surface area contributed by atoms with Crippen molar-refractivity contribution < 1.29 is 9.53 Å². The van der Waals surface area contributed by atoms with Crippen LogP contribution in [0.25, 0.3) is 10.9 Å². The molecule has 0 saturated carbocycles. The lowest BCUT2D eigenvalue weighted by Gasteiger charge is -2.08. The largest absolute Gasteiger partial charge is 0.484 e. The molecule has 1 amide bonds. The number of carbonyl (C=O) groups excluding carboxylic acids is 1. The van der Waals surface area contributed by atoms with Gasteiger partial charge in [0.05, 0.1) is 0 Å². The van der Waals surface area contributed by atoms with E-state index < -0.39 is 0 Å². The third-order valence-corrected chi connectivity index (χ3v) is 4.09. The van der Waals surface area contributed by atoms with Gasteiger partial charge in [-0.05, 0) is 50.1 Å². The average Bonchev–Trinajstić information content (AvgIpc) is 2.89. The van der Waals surface area contributed by atoms with Crippen LogP contribution < -0.4 is 10.1 Å². The van der Waals surface area contributed by atoms with Crippen molar-refractivity contribution in [3.05, 3.63) is 65.4 Å². The fraction of sp³-hybridized carbons (Fsp3) is 0.250. The molecule has 2 N–H and O–H groups in total. The molecule has 1 heterocycles. The second-order valence-corrected chi connectivity index (χ2v) is 5.98. The fourth-order valence-electron chi connectivity index (χ4n) is 2.86. The molecule has 0 atom stereocenters. The number of nitrogens with one attached hydrogen (secondary N) is 2. The Bertz CT molecular complexity index is 837. The summed E-state index contributed by atoms with van der Waals surface area (Å²) in [5.41, 5.74) is 4.80. The zero-order valence-electron chi connectivity index (χ0n) is 14.1. The first-order chi connectivity index (χ1) is 11.6. The Balaban J connectivity index is 1.54. The van der Waals surface area contributed by atoms with Gasteiger partial charge in [0.1, 0.15) is 5.75 Å². The van der Waals surface area contributed by atoms with Gasteiger partial charge in [0.25, 0.3) is 5.91 Å². The van der Waals surface area contributed by atoms with E-state index in [1.165, 1.54) is 16.5 Å². The highest BCUT2D eigenvalue weighted by atomic mass is 16.5. The van der Waals surface area contributed by atoms with Gasteiger partial charge in [0.2, 0.25) is 0 Å². The van der Waals surface area contributed by atoms with Crippen LogP contribution in [0.1, 0.15) is 16.8 Å². The fourth-order valence-corrected chi connectivity index (χ4v) is 2.86. The number of aryl methyl sites for hydroxylation is 2. The molecule has 1 aromatic heterocycles. The number of H-pyrrole nitrogens is 1. The normalized spacial score (nSPS) is 10.8. The van der Waals surface area contributed by atoms with Gasteiger partial charge < -0.3 is 15.0 Å². The molecular formula is C20H22N2O2. The molecule has 0 radical (unpaired) electrons. The summed E-state index contributed by atoms with van der Waals surface area (Å²) in [6.07, 6.45) is 0.798. The first-order valence-corrected chi connectivity index (χ1v) is 8.16. The van der Waals surface area contributed by atoms with Gasteiger partial charge in [-0.15, -0.1) is 0 Å². The van der Waals surface area contributed by atoms with Crippen molar-refractivity contribution >= 4 is 16.8 Å².